The van der Waals surface area contributed by atoms with Gasteiger partial charge in [0.05, 0.1) is 5.69 Å². The van der Waals surface area contributed by atoms with Crippen LogP contribution in [-0.2, 0) is 6.61 Å². The van der Waals surface area contributed by atoms with Gasteiger partial charge < -0.3 is 19.4 Å². The van der Waals surface area contributed by atoms with Crippen molar-refractivity contribution in [1.29, 1.82) is 0 Å². The van der Waals surface area contributed by atoms with Crippen LogP contribution < -0.4 is 10.1 Å². The minimum atomic E-state index is 0. The predicted molar refractivity (Wildman–Crippen MR) is 118 cm³/mol. The standard InChI is InChI=1S/C21H24N4O2.2ClH/c1-15-16(2)25(11-9-22-15)21(26)17-6-5-7-19(12-17)27-14-18-13-24-10-4-3-8-20(24)23-18;;/h3-8,10,12-13,15-16,22H,9,11,14H2,1-2H3;2*1H. The molecule has 0 spiro atoms. The van der Waals surface area contributed by atoms with Crippen LogP contribution in [0.1, 0.15) is 29.9 Å². The number of hydrogen-bond acceptors (Lipinski definition) is 4. The third kappa shape index (κ3) is 5.01. The molecular formula is C21H26Cl2N4O2. The lowest BCUT2D eigenvalue weighted by Gasteiger charge is -2.38. The number of aromatic nitrogens is 2. The Morgan fingerprint density at radius 2 is 2.03 bits per heavy atom. The SMILES string of the molecule is CC1NCCN(C(=O)c2cccc(OCc3cn4ccccc4n3)c2)C1C.Cl.Cl. The van der Waals surface area contributed by atoms with Crippen LogP contribution >= 0.6 is 24.8 Å². The number of imidazole rings is 1. The minimum Gasteiger partial charge on any atom is -0.487 e. The highest BCUT2D eigenvalue weighted by molar-refractivity contribution is 5.95. The summed E-state index contributed by atoms with van der Waals surface area (Å²) in [4.78, 5) is 19.4. The number of nitrogens with one attached hydrogen (secondary N) is 1. The van der Waals surface area contributed by atoms with Gasteiger partial charge in [-0.2, -0.15) is 0 Å². The van der Waals surface area contributed by atoms with Crippen molar-refractivity contribution in [2.45, 2.75) is 32.5 Å². The highest BCUT2D eigenvalue weighted by Crippen LogP contribution is 2.19. The number of fused-ring (bicyclic) bond motifs is 1. The van der Waals surface area contributed by atoms with E-state index >= 15 is 0 Å². The molecule has 2 aromatic heterocycles. The molecule has 1 aromatic carbocycles. The molecule has 1 aliphatic rings. The molecule has 156 valence electrons. The highest BCUT2D eigenvalue weighted by Gasteiger charge is 2.28. The van der Waals surface area contributed by atoms with Gasteiger partial charge in [-0.3, -0.25) is 4.79 Å². The molecule has 1 fully saturated rings. The van der Waals surface area contributed by atoms with Crippen LogP contribution in [0, 0.1) is 0 Å². The third-order valence-corrected chi connectivity index (χ3v) is 5.18. The Bertz CT molecular complexity index is 930. The molecule has 1 N–H and O–H groups in total. The zero-order valence-electron chi connectivity index (χ0n) is 16.4. The molecule has 4 rings (SSSR count). The summed E-state index contributed by atoms with van der Waals surface area (Å²) in [5.41, 5.74) is 2.40. The van der Waals surface area contributed by atoms with Crippen molar-refractivity contribution in [2.75, 3.05) is 13.1 Å². The minimum absolute atomic E-state index is 0. The van der Waals surface area contributed by atoms with Gasteiger partial charge in [0.2, 0.25) is 0 Å². The molecule has 2 unspecified atom stereocenters. The van der Waals surface area contributed by atoms with E-state index in [2.05, 4.69) is 24.1 Å². The molecule has 3 heterocycles. The maximum Gasteiger partial charge on any atom is 0.254 e. The van der Waals surface area contributed by atoms with Crippen molar-refractivity contribution in [2.24, 2.45) is 0 Å². The van der Waals surface area contributed by atoms with E-state index in [9.17, 15) is 4.79 Å². The summed E-state index contributed by atoms with van der Waals surface area (Å²) < 4.78 is 7.85. The second-order valence-electron chi connectivity index (χ2n) is 7.00. The summed E-state index contributed by atoms with van der Waals surface area (Å²) in [7, 11) is 0. The smallest absolute Gasteiger partial charge is 0.254 e. The Morgan fingerprint density at radius 1 is 1.21 bits per heavy atom. The van der Waals surface area contributed by atoms with E-state index in [4.69, 9.17) is 4.74 Å². The van der Waals surface area contributed by atoms with E-state index in [0.717, 1.165) is 24.4 Å². The van der Waals surface area contributed by atoms with Gasteiger partial charge in [0, 0.05) is 43.1 Å². The molecule has 1 saturated heterocycles. The van der Waals surface area contributed by atoms with Crippen LogP contribution in [-0.4, -0.2) is 45.4 Å². The first-order valence-electron chi connectivity index (χ1n) is 9.31. The fraction of sp³-hybridized carbons (Fsp3) is 0.333. The lowest BCUT2D eigenvalue weighted by molar-refractivity contribution is 0.0602. The lowest BCUT2D eigenvalue weighted by Crippen LogP contribution is -2.57. The fourth-order valence-corrected chi connectivity index (χ4v) is 3.44. The molecule has 2 atom stereocenters. The number of halogens is 2. The topological polar surface area (TPSA) is 58.9 Å². The molecule has 0 aliphatic carbocycles. The summed E-state index contributed by atoms with van der Waals surface area (Å²) in [5, 5.41) is 3.40. The van der Waals surface area contributed by atoms with Crippen molar-refractivity contribution in [1.82, 2.24) is 19.6 Å². The van der Waals surface area contributed by atoms with E-state index in [1.165, 1.54) is 0 Å². The molecule has 1 aliphatic heterocycles. The number of pyridine rings is 1. The number of carbonyl (C=O) groups is 1. The molecular weight excluding hydrogens is 411 g/mol. The van der Waals surface area contributed by atoms with Gasteiger partial charge in [-0.25, -0.2) is 4.98 Å². The highest BCUT2D eigenvalue weighted by atomic mass is 35.5. The monoisotopic (exact) mass is 436 g/mol. The maximum atomic E-state index is 12.9. The zero-order chi connectivity index (χ0) is 18.8. The van der Waals surface area contributed by atoms with Crippen LogP contribution in [0.25, 0.3) is 5.65 Å². The van der Waals surface area contributed by atoms with E-state index in [1.54, 1.807) is 0 Å². The quantitative estimate of drug-likeness (QED) is 0.678. The van der Waals surface area contributed by atoms with Crippen LogP contribution in [0.4, 0.5) is 0 Å². The number of ether oxygens (including phenoxy) is 1. The Hall–Kier alpha value is -2.28. The number of benzene rings is 1. The van der Waals surface area contributed by atoms with Crippen molar-refractivity contribution in [3.63, 3.8) is 0 Å². The van der Waals surface area contributed by atoms with E-state index < -0.39 is 0 Å². The fourth-order valence-electron chi connectivity index (χ4n) is 3.44. The number of nitrogens with zero attached hydrogens (tertiary/aromatic N) is 3. The van der Waals surface area contributed by atoms with Crippen LogP contribution in [0.15, 0.2) is 54.9 Å². The van der Waals surface area contributed by atoms with Crippen molar-refractivity contribution < 1.29 is 9.53 Å². The van der Waals surface area contributed by atoms with E-state index in [0.29, 0.717) is 17.9 Å². The van der Waals surface area contributed by atoms with Crippen molar-refractivity contribution >= 4 is 36.4 Å². The van der Waals surface area contributed by atoms with Gasteiger partial charge in [0.15, 0.2) is 0 Å². The molecule has 0 saturated carbocycles. The zero-order valence-corrected chi connectivity index (χ0v) is 18.1. The van der Waals surface area contributed by atoms with Gasteiger partial charge in [0.25, 0.3) is 5.91 Å². The molecule has 1 amide bonds. The molecule has 0 bridgehead atoms. The Balaban J connectivity index is 0.00000150. The number of amides is 1. The largest absolute Gasteiger partial charge is 0.487 e. The lowest BCUT2D eigenvalue weighted by atomic mass is 10.1. The van der Waals surface area contributed by atoms with Gasteiger partial charge in [-0.1, -0.05) is 12.1 Å². The van der Waals surface area contributed by atoms with E-state index in [-0.39, 0.29) is 42.8 Å². The van der Waals surface area contributed by atoms with E-state index in [1.807, 2.05) is 64.2 Å². The average Bonchev–Trinajstić information content (AvgIpc) is 3.11. The van der Waals surface area contributed by atoms with Gasteiger partial charge in [-0.05, 0) is 44.2 Å². The molecule has 0 radical (unpaired) electrons. The summed E-state index contributed by atoms with van der Waals surface area (Å²) in [6, 6.07) is 13.7. The molecule has 8 heteroatoms. The van der Waals surface area contributed by atoms with Crippen LogP contribution in [0.3, 0.4) is 0 Å². The summed E-state index contributed by atoms with van der Waals surface area (Å²) >= 11 is 0. The Kier molecular flexibility index (Phi) is 7.90. The van der Waals surface area contributed by atoms with Gasteiger partial charge in [-0.15, -0.1) is 24.8 Å². The first-order valence-corrected chi connectivity index (χ1v) is 9.31. The second kappa shape index (κ2) is 9.96. The van der Waals surface area contributed by atoms with Gasteiger partial charge in [0.1, 0.15) is 18.0 Å². The molecule has 6 nitrogen and oxygen atoms in total. The molecule has 29 heavy (non-hydrogen) atoms. The number of piperazine rings is 1. The maximum absolute atomic E-state index is 12.9. The first-order chi connectivity index (χ1) is 13.1. The average molecular weight is 437 g/mol. The summed E-state index contributed by atoms with van der Waals surface area (Å²) in [6.45, 7) is 6.09. The first kappa shape index (κ1) is 23.0. The summed E-state index contributed by atoms with van der Waals surface area (Å²) in [6.07, 6.45) is 3.91. The number of carbonyl (C=O) groups excluding carboxylic acids is 1. The third-order valence-electron chi connectivity index (χ3n) is 5.18. The normalized spacial score (nSPS) is 18.6. The van der Waals surface area contributed by atoms with Crippen molar-refractivity contribution in [3.8, 4) is 5.75 Å². The predicted octanol–water partition coefficient (Wildman–Crippen LogP) is 3.58. The number of hydrogen-bond donors (Lipinski definition) is 1. The van der Waals surface area contributed by atoms with Crippen molar-refractivity contribution in [3.05, 3.63) is 66.1 Å². The summed E-state index contributed by atoms with van der Waals surface area (Å²) in [5.74, 6) is 0.725. The Morgan fingerprint density at radius 3 is 2.83 bits per heavy atom. The number of rotatable bonds is 4. The second-order valence-corrected chi connectivity index (χ2v) is 7.00. The van der Waals surface area contributed by atoms with Crippen LogP contribution in [0.5, 0.6) is 5.75 Å². The van der Waals surface area contributed by atoms with Gasteiger partial charge >= 0.3 is 0 Å². The Labute approximate surface area is 183 Å². The van der Waals surface area contributed by atoms with Crippen LogP contribution in [0.2, 0.25) is 0 Å². The molecule has 3 aromatic rings.